The Bertz CT molecular complexity index is 1610. The number of nitrogens with zero attached hydrogens (tertiary/aromatic N) is 3. The molecule has 0 bridgehead atoms. The number of nitrogens with two attached hydrogens (primary N) is 1. The van der Waals surface area contributed by atoms with Crippen LogP contribution in [-0.2, 0) is 15.8 Å². The first-order valence-electron chi connectivity index (χ1n) is 10.4. The minimum absolute atomic E-state index is 0.0885. The van der Waals surface area contributed by atoms with Gasteiger partial charge < -0.3 is 5.73 Å². The maximum Gasteiger partial charge on any atom is 0.260 e. The van der Waals surface area contributed by atoms with Gasteiger partial charge in [0.2, 0.25) is 16.0 Å². The highest BCUT2D eigenvalue weighted by Gasteiger charge is 2.26. The van der Waals surface area contributed by atoms with Crippen molar-refractivity contribution in [3.63, 3.8) is 0 Å². The van der Waals surface area contributed by atoms with E-state index in [9.17, 15) is 22.0 Å². The predicted molar refractivity (Wildman–Crippen MR) is 127 cm³/mol. The number of halogens is 3. The maximum atomic E-state index is 15.1. The molecule has 2 heterocycles. The summed E-state index contributed by atoms with van der Waals surface area (Å²) in [6, 6.07) is 9.25. The molecule has 35 heavy (non-hydrogen) atoms. The second-order valence-corrected chi connectivity index (χ2v) is 9.81. The van der Waals surface area contributed by atoms with Crippen molar-refractivity contribution in [1.82, 2.24) is 14.5 Å². The number of aromatic nitrogens is 3. The van der Waals surface area contributed by atoms with Gasteiger partial charge in [0.15, 0.2) is 17.5 Å². The van der Waals surface area contributed by atoms with Gasteiger partial charge in [0, 0.05) is 23.2 Å². The standard InChI is InChI=1S/C23H20F3N5O3S/c1-12(2)31-21-14(10-28-23(27)29-21)8-16(22(31)32)15-9-17(24)20(19(26)18(15)25)30-35(33,34)11-13-6-4-3-5-7-13/h3-10,12,30H,11H2,1-2H3,(H2,27,28,29). The quantitative estimate of drug-likeness (QED) is 0.384. The Morgan fingerprint density at radius 2 is 1.74 bits per heavy atom. The number of hydrogen-bond acceptors (Lipinski definition) is 6. The van der Waals surface area contributed by atoms with E-state index in [4.69, 9.17) is 5.73 Å². The zero-order chi connectivity index (χ0) is 25.5. The zero-order valence-corrected chi connectivity index (χ0v) is 19.4. The average Bonchev–Trinajstić information content (AvgIpc) is 2.79. The van der Waals surface area contributed by atoms with Crippen LogP contribution in [-0.4, -0.2) is 23.0 Å². The van der Waals surface area contributed by atoms with Crippen LogP contribution >= 0.6 is 0 Å². The fraction of sp³-hybridized carbons (Fsp3) is 0.174. The minimum atomic E-state index is -4.28. The average molecular weight is 504 g/mol. The molecule has 8 nitrogen and oxygen atoms in total. The molecule has 4 aromatic rings. The van der Waals surface area contributed by atoms with Gasteiger partial charge in [-0.1, -0.05) is 30.3 Å². The number of nitrogens with one attached hydrogen (secondary N) is 1. The van der Waals surface area contributed by atoms with Crippen LogP contribution in [0.25, 0.3) is 22.2 Å². The molecule has 182 valence electrons. The highest BCUT2D eigenvalue weighted by molar-refractivity contribution is 7.91. The lowest BCUT2D eigenvalue weighted by Crippen LogP contribution is -2.25. The van der Waals surface area contributed by atoms with E-state index in [0.29, 0.717) is 11.6 Å². The summed E-state index contributed by atoms with van der Waals surface area (Å²) in [6.07, 6.45) is 1.30. The molecule has 0 saturated heterocycles. The number of benzene rings is 2. The van der Waals surface area contributed by atoms with Crippen molar-refractivity contribution in [3.05, 3.63) is 82.0 Å². The molecule has 0 aliphatic carbocycles. The molecule has 0 amide bonds. The van der Waals surface area contributed by atoms with E-state index < -0.39 is 56.1 Å². The molecule has 0 aliphatic rings. The number of nitrogen functional groups attached to an aromatic ring is 1. The monoisotopic (exact) mass is 503 g/mol. The lowest BCUT2D eigenvalue weighted by atomic mass is 10.0. The normalized spacial score (nSPS) is 11.8. The van der Waals surface area contributed by atoms with Gasteiger partial charge in [0.05, 0.1) is 11.3 Å². The summed E-state index contributed by atoms with van der Waals surface area (Å²) < 4.78 is 72.9. The van der Waals surface area contributed by atoms with E-state index >= 15 is 4.39 Å². The molecule has 0 radical (unpaired) electrons. The molecular weight excluding hydrogens is 483 g/mol. The third kappa shape index (κ3) is 4.69. The number of anilines is 2. The largest absolute Gasteiger partial charge is 0.368 e. The van der Waals surface area contributed by atoms with Crippen LogP contribution in [0, 0.1) is 17.5 Å². The first kappa shape index (κ1) is 24.2. The van der Waals surface area contributed by atoms with E-state index in [1.807, 2.05) is 0 Å². The van der Waals surface area contributed by atoms with Crippen LogP contribution in [0.2, 0.25) is 0 Å². The second kappa shape index (κ2) is 9.02. The van der Waals surface area contributed by atoms with Gasteiger partial charge in [0.25, 0.3) is 5.56 Å². The van der Waals surface area contributed by atoms with Gasteiger partial charge in [-0.3, -0.25) is 14.1 Å². The van der Waals surface area contributed by atoms with Crippen LogP contribution in [0.5, 0.6) is 0 Å². The fourth-order valence-electron chi connectivity index (χ4n) is 3.68. The van der Waals surface area contributed by atoms with Gasteiger partial charge in [-0.25, -0.2) is 26.6 Å². The number of pyridine rings is 1. The minimum Gasteiger partial charge on any atom is -0.368 e. The van der Waals surface area contributed by atoms with E-state index in [0.717, 1.165) is 0 Å². The summed E-state index contributed by atoms with van der Waals surface area (Å²) in [5.41, 5.74) is 3.19. The molecule has 12 heteroatoms. The molecule has 4 rings (SSSR count). The summed E-state index contributed by atoms with van der Waals surface area (Å²) in [5, 5.41) is 0.287. The first-order valence-corrected chi connectivity index (χ1v) is 12.0. The smallest absolute Gasteiger partial charge is 0.260 e. The number of fused-ring (bicyclic) bond motifs is 1. The SMILES string of the molecule is CC(C)n1c(=O)c(-c2cc(F)c(NS(=O)(=O)Cc3ccccc3)c(F)c2F)cc2cnc(N)nc21. The summed E-state index contributed by atoms with van der Waals surface area (Å²) in [4.78, 5) is 21.1. The molecule has 0 atom stereocenters. The molecule has 0 saturated carbocycles. The Hall–Kier alpha value is -3.93. The Balaban J connectivity index is 1.83. The van der Waals surface area contributed by atoms with Crippen LogP contribution in [0.1, 0.15) is 25.5 Å². The summed E-state index contributed by atoms with van der Waals surface area (Å²) >= 11 is 0. The number of hydrogen-bond donors (Lipinski definition) is 2. The number of sulfonamides is 1. The Labute approximate surface area is 198 Å². The van der Waals surface area contributed by atoms with Crippen molar-refractivity contribution in [3.8, 4) is 11.1 Å². The molecule has 3 N–H and O–H groups in total. The topological polar surface area (TPSA) is 120 Å². The molecule has 0 unspecified atom stereocenters. The number of rotatable bonds is 6. The van der Waals surface area contributed by atoms with Crippen LogP contribution in [0.15, 0.2) is 53.5 Å². The van der Waals surface area contributed by atoms with Crippen molar-refractivity contribution < 1.29 is 21.6 Å². The lowest BCUT2D eigenvalue weighted by Gasteiger charge is -2.17. The molecule has 0 fully saturated rings. The zero-order valence-electron chi connectivity index (χ0n) is 18.6. The van der Waals surface area contributed by atoms with E-state index in [-0.39, 0.29) is 22.5 Å². The van der Waals surface area contributed by atoms with Gasteiger partial charge in [-0.05, 0) is 31.5 Å². The summed E-state index contributed by atoms with van der Waals surface area (Å²) in [7, 11) is -4.28. The fourth-order valence-corrected chi connectivity index (χ4v) is 4.88. The van der Waals surface area contributed by atoms with Gasteiger partial charge >= 0.3 is 0 Å². The van der Waals surface area contributed by atoms with Crippen molar-refractivity contribution in [1.29, 1.82) is 0 Å². The predicted octanol–water partition coefficient (Wildman–Crippen LogP) is 3.98. The van der Waals surface area contributed by atoms with Crippen molar-refractivity contribution in [2.45, 2.75) is 25.6 Å². The second-order valence-electron chi connectivity index (χ2n) is 8.09. The highest BCUT2D eigenvalue weighted by atomic mass is 32.2. The Kier molecular flexibility index (Phi) is 6.24. The first-order chi connectivity index (χ1) is 16.5. The van der Waals surface area contributed by atoms with Crippen LogP contribution in [0.3, 0.4) is 0 Å². The summed E-state index contributed by atoms with van der Waals surface area (Å²) in [5.74, 6) is -5.43. The van der Waals surface area contributed by atoms with E-state index in [1.165, 1.54) is 29.0 Å². The molecule has 0 aliphatic heterocycles. The maximum absolute atomic E-state index is 15.1. The van der Waals surface area contributed by atoms with Crippen LogP contribution in [0.4, 0.5) is 24.8 Å². The third-order valence-corrected chi connectivity index (χ3v) is 6.44. The van der Waals surface area contributed by atoms with E-state index in [2.05, 4.69) is 9.97 Å². The van der Waals surface area contributed by atoms with Crippen molar-refractivity contribution >= 4 is 32.7 Å². The van der Waals surface area contributed by atoms with Gasteiger partial charge in [0.1, 0.15) is 11.3 Å². The van der Waals surface area contributed by atoms with Crippen molar-refractivity contribution in [2.75, 3.05) is 10.5 Å². The lowest BCUT2D eigenvalue weighted by molar-refractivity contribution is 0.502. The van der Waals surface area contributed by atoms with Gasteiger partial charge in [-0.15, -0.1) is 0 Å². The molecule has 2 aromatic carbocycles. The van der Waals surface area contributed by atoms with Crippen molar-refractivity contribution in [2.24, 2.45) is 0 Å². The summed E-state index contributed by atoms with van der Waals surface area (Å²) in [6.45, 7) is 3.34. The molecule has 2 aromatic heterocycles. The third-order valence-electron chi connectivity index (χ3n) is 5.21. The van der Waals surface area contributed by atoms with E-state index in [1.54, 1.807) is 36.8 Å². The molecular formula is C23H20F3N5O3S. The van der Waals surface area contributed by atoms with Crippen LogP contribution < -0.4 is 16.0 Å². The Morgan fingerprint density at radius 1 is 1.06 bits per heavy atom. The Morgan fingerprint density at radius 3 is 2.40 bits per heavy atom. The molecule has 0 spiro atoms. The highest BCUT2D eigenvalue weighted by Crippen LogP contribution is 2.32. The van der Waals surface area contributed by atoms with Gasteiger partial charge in [-0.2, -0.15) is 4.98 Å².